The highest BCUT2D eigenvalue weighted by Crippen LogP contribution is 2.30. The Morgan fingerprint density at radius 3 is 3.06 bits per heavy atom. The Bertz CT molecular complexity index is 553. The zero-order chi connectivity index (χ0) is 12.5. The fourth-order valence-electron chi connectivity index (χ4n) is 2.65. The lowest BCUT2D eigenvalue weighted by Crippen LogP contribution is -2.13. The lowest BCUT2D eigenvalue weighted by Gasteiger charge is -2.02. The fourth-order valence-corrected chi connectivity index (χ4v) is 2.65. The van der Waals surface area contributed by atoms with Gasteiger partial charge in [-0.25, -0.2) is 4.98 Å². The van der Waals surface area contributed by atoms with Crippen LogP contribution >= 0.6 is 0 Å². The molecule has 4 heteroatoms. The van der Waals surface area contributed by atoms with Crippen molar-refractivity contribution in [1.82, 2.24) is 14.9 Å². The summed E-state index contributed by atoms with van der Waals surface area (Å²) in [5.41, 5.74) is 2.39. The SMILES string of the molecule is CNCCc1nc(-c2ccc(C)o2)c2n1CCC2. The summed E-state index contributed by atoms with van der Waals surface area (Å²) in [6, 6.07) is 4.03. The van der Waals surface area contributed by atoms with Crippen LogP contribution in [0.4, 0.5) is 0 Å². The molecular formula is C14H19N3O. The first-order chi connectivity index (χ1) is 8.79. The first-order valence-electron chi connectivity index (χ1n) is 6.59. The summed E-state index contributed by atoms with van der Waals surface area (Å²) in [7, 11) is 1.98. The molecule has 3 heterocycles. The van der Waals surface area contributed by atoms with Crippen molar-refractivity contribution in [2.75, 3.05) is 13.6 Å². The predicted molar refractivity (Wildman–Crippen MR) is 70.6 cm³/mol. The molecule has 3 rings (SSSR count). The lowest BCUT2D eigenvalue weighted by molar-refractivity contribution is 0.546. The normalized spacial score (nSPS) is 14.1. The number of nitrogens with one attached hydrogen (secondary N) is 1. The molecular weight excluding hydrogens is 226 g/mol. The van der Waals surface area contributed by atoms with Crippen molar-refractivity contribution in [3.05, 3.63) is 29.4 Å². The Morgan fingerprint density at radius 2 is 2.33 bits per heavy atom. The largest absolute Gasteiger partial charge is 0.460 e. The first kappa shape index (κ1) is 11.5. The van der Waals surface area contributed by atoms with Gasteiger partial charge in [0.15, 0.2) is 5.76 Å². The monoisotopic (exact) mass is 245 g/mol. The Hall–Kier alpha value is -1.55. The summed E-state index contributed by atoms with van der Waals surface area (Å²) >= 11 is 0. The van der Waals surface area contributed by atoms with Crippen LogP contribution in [0.15, 0.2) is 16.5 Å². The van der Waals surface area contributed by atoms with E-state index >= 15 is 0 Å². The Kier molecular flexibility index (Phi) is 2.96. The molecule has 0 saturated heterocycles. The summed E-state index contributed by atoms with van der Waals surface area (Å²) in [6.07, 6.45) is 3.31. The molecule has 0 aliphatic carbocycles. The molecule has 0 fully saturated rings. The first-order valence-corrected chi connectivity index (χ1v) is 6.59. The maximum Gasteiger partial charge on any atom is 0.154 e. The van der Waals surface area contributed by atoms with E-state index in [0.29, 0.717) is 0 Å². The quantitative estimate of drug-likeness (QED) is 0.897. The third-order valence-corrected chi connectivity index (χ3v) is 3.52. The van der Waals surface area contributed by atoms with Crippen molar-refractivity contribution in [2.45, 2.75) is 32.7 Å². The van der Waals surface area contributed by atoms with Crippen molar-refractivity contribution in [3.8, 4) is 11.5 Å². The third-order valence-electron chi connectivity index (χ3n) is 3.52. The van der Waals surface area contributed by atoms with E-state index in [1.165, 1.54) is 17.9 Å². The summed E-state index contributed by atoms with van der Waals surface area (Å²) < 4.78 is 8.09. The average Bonchev–Trinajstić information content (AvgIpc) is 3.02. The molecule has 96 valence electrons. The van der Waals surface area contributed by atoms with Crippen LogP contribution in [0.5, 0.6) is 0 Å². The molecule has 0 amide bonds. The fraction of sp³-hybridized carbons (Fsp3) is 0.500. The van der Waals surface area contributed by atoms with E-state index in [1.807, 2.05) is 26.1 Å². The van der Waals surface area contributed by atoms with Gasteiger partial charge in [-0.05, 0) is 38.9 Å². The number of fused-ring (bicyclic) bond motifs is 1. The molecule has 4 nitrogen and oxygen atoms in total. The third kappa shape index (κ3) is 1.86. The average molecular weight is 245 g/mol. The zero-order valence-corrected chi connectivity index (χ0v) is 11.0. The van der Waals surface area contributed by atoms with Gasteiger partial charge in [-0.2, -0.15) is 0 Å². The minimum absolute atomic E-state index is 0.911. The Balaban J connectivity index is 2.00. The minimum Gasteiger partial charge on any atom is -0.460 e. The highest BCUT2D eigenvalue weighted by Gasteiger charge is 2.23. The molecule has 2 aromatic rings. The Labute approximate surface area is 107 Å². The number of hydrogen-bond donors (Lipinski definition) is 1. The molecule has 0 saturated carbocycles. The number of furan rings is 1. The maximum absolute atomic E-state index is 5.72. The van der Waals surface area contributed by atoms with Gasteiger partial charge in [0.2, 0.25) is 0 Å². The summed E-state index contributed by atoms with van der Waals surface area (Å²) in [4.78, 5) is 4.78. The lowest BCUT2D eigenvalue weighted by atomic mass is 10.2. The van der Waals surface area contributed by atoms with E-state index in [2.05, 4.69) is 9.88 Å². The van der Waals surface area contributed by atoms with Gasteiger partial charge in [0.05, 0.1) is 0 Å². The molecule has 1 N–H and O–H groups in total. The van der Waals surface area contributed by atoms with Crippen molar-refractivity contribution in [3.63, 3.8) is 0 Å². The van der Waals surface area contributed by atoms with Gasteiger partial charge in [-0.15, -0.1) is 0 Å². The van der Waals surface area contributed by atoms with Crippen LogP contribution in [-0.2, 0) is 19.4 Å². The van der Waals surface area contributed by atoms with Crippen LogP contribution < -0.4 is 5.32 Å². The second-order valence-corrected chi connectivity index (χ2v) is 4.84. The van der Waals surface area contributed by atoms with E-state index in [9.17, 15) is 0 Å². The molecule has 2 aromatic heterocycles. The van der Waals surface area contributed by atoms with Gasteiger partial charge in [0.25, 0.3) is 0 Å². The minimum atomic E-state index is 0.911. The van der Waals surface area contributed by atoms with E-state index in [1.54, 1.807) is 0 Å². The van der Waals surface area contributed by atoms with Crippen molar-refractivity contribution in [2.24, 2.45) is 0 Å². The second-order valence-electron chi connectivity index (χ2n) is 4.84. The molecule has 0 radical (unpaired) electrons. The van der Waals surface area contributed by atoms with Crippen molar-refractivity contribution < 1.29 is 4.42 Å². The van der Waals surface area contributed by atoms with Gasteiger partial charge in [-0.3, -0.25) is 0 Å². The Morgan fingerprint density at radius 1 is 1.44 bits per heavy atom. The van der Waals surface area contributed by atoms with Crippen molar-refractivity contribution in [1.29, 1.82) is 0 Å². The van der Waals surface area contributed by atoms with Crippen LogP contribution in [0, 0.1) is 6.92 Å². The number of aryl methyl sites for hydroxylation is 1. The standard InChI is InChI=1S/C14H19N3O/c1-10-5-6-12(18-10)14-11-4-3-9-17(11)13(16-14)7-8-15-2/h5-6,15H,3-4,7-9H2,1-2H3. The number of rotatable bonds is 4. The molecule has 18 heavy (non-hydrogen) atoms. The number of imidazole rings is 1. The number of aromatic nitrogens is 2. The zero-order valence-electron chi connectivity index (χ0n) is 11.0. The molecule has 0 aromatic carbocycles. The second kappa shape index (κ2) is 4.61. The van der Waals surface area contributed by atoms with E-state index in [-0.39, 0.29) is 0 Å². The maximum atomic E-state index is 5.72. The molecule has 1 aliphatic heterocycles. The highest BCUT2D eigenvalue weighted by atomic mass is 16.3. The van der Waals surface area contributed by atoms with Crippen LogP contribution in [0.2, 0.25) is 0 Å². The van der Waals surface area contributed by atoms with Gasteiger partial charge in [0, 0.05) is 25.2 Å². The summed E-state index contributed by atoms with van der Waals surface area (Å²) in [5.74, 6) is 3.04. The van der Waals surface area contributed by atoms with Gasteiger partial charge >= 0.3 is 0 Å². The van der Waals surface area contributed by atoms with E-state index in [4.69, 9.17) is 9.40 Å². The van der Waals surface area contributed by atoms with Crippen LogP contribution in [0.25, 0.3) is 11.5 Å². The molecule has 0 bridgehead atoms. The van der Waals surface area contributed by atoms with Crippen LogP contribution in [0.1, 0.15) is 23.7 Å². The molecule has 1 aliphatic rings. The predicted octanol–water partition coefficient (Wildman–Crippen LogP) is 2.16. The molecule has 0 spiro atoms. The number of nitrogens with zero attached hydrogens (tertiary/aromatic N) is 2. The molecule has 0 unspecified atom stereocenters. The molecule has 0 atom stereocenters. The summed E-state index contributed by atoms with van der Waals surface area (Å²) in [6.45, 7) is 4.04. The number of hydrogen-bond acceptors (Lipinski definition) is 3. The van der Waals surface area contributed by atoms with E-state index < -0.39 is 0 Å². The van der Waals surface area contributed by atoms with Gasteiger partial charge in [-0.1, -0.05) is 0 Å². The topological polar surface area (TPSA) is 43.0 Å². The highest BCUT2D eigenvalue weighted by molar-refractivity contribution is 5.57. The van der Waals surface area contributed by atoms with E-state index in [0.717, 1.165) is 43.1 Å². The van der Waals surface area contributed by atoms with Crippen LogP contribution in [0.3, 0.4) is 0 Å². The van der Waals surface area contributed by atoms with Gasteiger partial charge in [0.1, 0.15) is 17.3 Å². The van der Waals surface area contributed by atoms with Crippen LogP contribution in [-0.4, -0.2) is 23.1 Å². The smallest absolute Gasteiger partial charge is 0.154 e. The van der Waals surface area contributed by atoms with Crippen molar-refractivity contribution >= 4 is 0 Å². The number of likely N-dealkylation sites (N-methyl/N-ethyl adjacent to an activating group) is 1. The van der Waals surface area contributed by atoms with Gasteiger partial charge < -0.3 is 14.3 Å². The summed E-state index contributed by atoms with van der Waals surface area (Å²) in [5, 5.41) is 3.18.